The van der Waals surface area contributed by atoms with Gasteiger partial charge >= 0.3 is 0 Å². The van der Waals surface area contributed by atoms with Crippen molar-refractivity contribution >= 4 is 11.6 Å². The quantitative estimate of drug-likeness (QED) is 0.849. The van der Waals surface area contributed by atoms with Gasteiger partial charge in [-0.2, -0.15) is 0 Å². The Hall–Kier alpha value is -1.98. The molecule has 0 saturated heterocycles. The maximum absolute atomic E-state index is 13.6. The number of aromatic hydroxyl groups is 1. The Morgan fingerprint density at radius 3 is 2.62 bits per heavy atom. The number of rotatable bonds is 1. The molecular formula is C15H15ClFNO3. The molecule has 0 amide bonds. The van der Waals surface area contributed by atoms with E-state index in [4.69, 9.17) is 21.1 Å². The van der Waals surface area contributed by atoms with Gasteiger partial charge in [-0.15, -0.1) is 0 Å². The molecule has 2 aromatic carbocycles. The highest BCUT2D eigenvalue weighted by atomic mass is 35.5. The van der Waals surface area contributed by atoms with Crippen molar-refractivity contribution in [1.29, 1.82) is 0 Å². The second-order valence-corrected chi connectivity index (χ2v) is 4.49. The van der Waals surface area contributed by atoms with Crippen LogP contribution in [0.5, 0.6) is 17.2 Å². The van der Waals surface area contributed by atoms with Crippen molar-refractivity contribution in [2.45, 2.75) is 0 Å². The molecule has 1 heterocycles. The molecule has 6 heteroatoms. The number of benzene rings is 2. The molecule has 0 bridgehead atoms. The second kappa shape index (κ2) is 6.65. The fourth-order valence-electron chi connectivity index (χ4n) is 2.05. The first-order valence-electron chi connectivity index (χ1n) is 6.31. The predicted molar refractivity (Wildman–Crippen MR) is 79.6 cm³/mol. The van der Waals surface area contributed by atoms with Crippen LogP contribution < -0.4 is 15.2 Å². The zero-order valence-electron chi connectivity index (χ0n) is 11.4. The summed E-state index contributed by atoms with van der Waals surface area (Å²) in [5.41, 5.74) is 5.47. The van der Waals surface area contributed by atoms with Crippen LogP contribution >= 0.6 is 11.6 Å². The van der Waals surface area contributed by atoms with Gasteiger partial charge in [0.05, 0.1) is 5.02 Å². The fourth-order valence-corrected chi connectivity index (χ4v) is 2.28. The summed E-state index contributed by atoms with van der Waals surface area (Å²) >= 11 is 6.05. The lowest BCUT2D eigenvalue weighted by Crippen LogP contribution is -2.16. The van der Waals surface area contributed by atoms with Gasteiger partial charge in [-0.25, -0.2) is 4.39 Å². The van der Waals surface area contributed by atoms with Gasteiger partial charge in [0.25, 0.3) is 0 Å². The molecule has 0 saturated carbocycles. The van der Waals surface area contributed by atoms with Crippen molar-refractivity contribution in [1.82, 2.24) is 0 Å². The van der Waals surface area contributed by atoms with Crippen molar-refractivity contribution in [2.75, 3.05) is 20.3 Å². The lowest BCUT2D eigenvalue weighted by molar-refractivity contribution is 0.171. The summed E-state index contributed by atoms with van der Waals surface area (Å²) in [6.45, 7) is 0.770. The van der Waals surface area contributed by atoms with E-state index in [1.54, 1.807) is 12.1 Å². The summed E-state index contributed by atoms with van der Waals surface area (Å²) in [5, 5.41) is 9.79. The first kappa shape index (κ1) is 15.4. The summed E-state index contributed by atoms with van der Waals surface area (Å²) in [6, 6.07) is 7.38. The van der Waals surface area contributed by atoms with Crippen molar-refractivity contribution in [2.24, 2.45) is 5.73 Å². The first-order valence-corrected chi connectivity index (χ1v) is 6.69. The highest BCUT2D eigenvalue weighted by Crippen LogP contribution is 2.44. The van der Waals surface area contributed by atoms with Crippen LogP contribution in [0.4, 0.5) is 4.39 Å². The van der Waals surface area contributed by atoms with Gasteiger partial charge in [0.2, 0.25) is 0 Å². The maximum atomic E-state index is 13.6. The third kappa shape index (κ3) is 3.04. The fraction of sp³-hybridized carbons (Fsp3) is 0.200. The average molecular weight is 312 g/mol. The van der Waals surface area contributed by atoms with E-state index in [1.807, 2.05) is 0 Å². The van der Waals surface area contributed by atoms with E-state index in [0.717, 1.165) is 0 Å². The third-order valence-corrected chi connectivity index (χ3v) is 3.27. The smallest absolute Gasteiger partial charge is 0.169 e. The Labute approximate surface area is 126 Å². The average Bonchev–Trinajstić information content (AvgIpc) is 2.51. The van der Waals surface area contributed by atoms with E-state index in [0.29, 0.717) is 35.8 Å². The van der Waals surface area contributed by atoms with Crippen LogP contribution in [0.3, 0.4) is 0 Å². The molecule has 1 aliphatic rings. The lowest BCUT2D eigenvalue weighted by Gasteiger charge is -2.21. The van der Waals surface area contributed by atoms with Gasteiger partial charge in [-0.1, -0.05) is 23.7 Å². The van der Waals surface area contributed by atoms with E-state index in [2.05, 4.69) is 5.73 Å². The van der Waals surface area contributed by atoms with Crippen LogP contribution in [-0.2, 0) is 0 Å². The Balaban J connectivity index is 0.000000774. The van der Waals surface area contributed by atoms with E-state index < -0.39 is 5.82 Å². The molecule has 2 aromatic rings. The Kier molecular flexibility index (Phi) is 4.88. The van der Waals surface area contributed by atoms with Crippen LogP contribution in [-0.4, -0.2) is 25.4 Å². The molecule has 0 aromatic heterocycles. The minimum absolute atomic E-state index is 0.0612. The molecule has 4 nitrogen and oxygen atoms in total. The van der Waals surface area contributed by atoms with Crippen molar-refractivity contribution in [3.05, 3.63) is 41.2 Å². The highest BCUT2D eigenvalue weighted by Gasteiger charge is 2.21. The van der Waals surface area contributed by atoms with E-state index >= 15 is 0 Å². The van der Waals surface area contributed by atoms with Gasteiger partial charge in [0.1, 0.15) is 24.8 Å². The molecule has 3 rings (SSSR count). The number of phenols is 1. The number of hydrogen-bond donors (Lipinski definition) is 2. The van der Waals surface area contributed by atoms with Crippen LogP contribution in [0, 0.1) is 5.82 Å². The largest absolute Gasteiger partial charge is 0.506 e. The van der Waals surface area contributed by atoms with Crippen molar-refractivity contribution < 1.29 is 19.0 Å². The van der Waals surface area contributed by atoms with Gasteiger partial charge < -0.3 is 20.3 Å². The van der Waals surface area contributed by atoms with Crippen LogP contribution in [0.2, 0.25) is 5.02 Å². The number of ether oxygens (including phenoxy) is 2. The number of hydrogen-bond acceptors (Lipinski definition) is 4. The van der Waals surface area contributed by atoms with Crippen molar-refractivity contribution in [3.63, 3.8) is 0 Å². The predicted octanol–water partition coefficient (Wildman–Crippen LogP) is 3.20. The summed E-state index contributed by atoms with van der Waals surface area (Å²) in [5.74, 6) is 0.286. The summed E-state index contributed by atoms with van der Waals surface area (Å²) in [4.78, 5) is 0. The molecule has 0 fully saturated rings. The number of nitrogens with two attached hydrogens (primary N) is 1. The monoisotopic (exact) mass is 311 g/mol. The number of phenolic OH excluding ortho intramolecular Hbond substituents is 1. The SMILES string of the molecule is CN.Oc1cccc(-c2cc(F)cc3c2OCCO3)c1Cl. The van der Waals surface area contributed by atoms with Gasteiger partial charge in [-0.3, -0.25) is 0 Å². The molecule has 21 heavy (non-hydrogen) atoms. The molecule has 0 atom stereocenters. The minimum atomic E-state index is -0.446. The van der Waals surface area contributed by atoms with E-state index in [1.165, 1.54) is 25.2 Å². The summed E-state index contributed by atoms with van der Waals surface area (Å²) in [6.07, 6.45) is 0. The Morgan fingerprint density at radius 1 is 1.14 bits per heavy atom. The number of fused-ring (bicyclic) bond motifs is 1. The Morgan fingerprint density at radius 2 is 1.86 bits per heavy atom. The zero-order valence-corrected chi connectivity index (χ0v) is 12.2. The van der Waals surface area contributed by atoms with Gasteiger partial charge in [-0.05, 0) is 19.2 Å². The van der Waals surface area contributed by atoms with Crippen molar-refractivity contribution in [3.8, 4) is 28.4 Å². The molecule has 3 N–H and O–H groups in total. The van der Waals surface area contributed by atoms with Crippen LogP contribution in [0.1, 0.15) is 0 Å². The van der Waals surface area contributed by atoms with Gasteiger partial charge in [0.15, 0.2) is 11.5 Å². The molecule has 0 aliphatic carbocycles. The summed E-state index contributed by atoms with van der Waals surface area (Å²) in [7, 11) is 1.50. The minimum Gasteiger partial charge on any atom is -0.506 e. The lowest BCUT2D eigenvalue weighted by atomic mass is 10.0. The van der Waals surface area contributed by atoms with Crippen LogP contribution in [0.25, 0.3) is 11.1 Å². The van der Waals surface area contributed by atoms with E-state index in [-0.39, 0.29) is 10.8 Å². The third-order valence-electron chi connectivity index (χ3n) is 2.88. The number of halogens is 2. The Bertz CT molecular complexity index is 649. The maximum Gasteiger partial charge on any atom is 0.169 e. The summed E-state index contributed by atoms with van der Waals surface area (Å²) < 4.78 is 24.5. The second-order valence-electron chi connectivity index (χ2n) is 4.12. The zero-order chi connectivity index (χ0) is 15.4. The highest BCUT2D eigenvalue weighted by molar-refractivity contribution is 6.34. The van der Waals surface area contributed by atoms with Crippen LogP contribution in [0.15, 0.2) is 30.3 Å². The topological polar surface area (TPSA) is 64.7 Å². The molecule has 1 aliphatic heterocycles. The normalized spacial score (nSPS) is 12.4. The van der Waals surface area contributed by atoms with E-state index in [9.17, 15) is 9.50 Å². The first-order chi connectivity index (χ1) is 10.2. The molecular weight excluding hydrogens is 297 g/mol. The standard InChI is InChI=1S/C14H10ClFO3.CH5N/c15-13-9(2-1-3-11(13)17)10-6-8(16)7-12-14(10)19-5-4-18-12;1-2/h1-3,6-7,17H,4-5H2;2H2,1H3. The molecule has 0 radical (unpaired) electrons. The molecule has 112 valence electrons. The molecule has 0 unspecified atom stereocenters. The van der Waals surface area contributed by atoms with Gasteiger partial charge in [0, 0.05) is 17.2 Å². The molecule has 0 spiro atoms.